The smallest absolute Gasteiger partial charge is 0.0500 e. The van der Waals surface area contributed by atoms with E-state index in [0.29, 0.717) is 5.92 Å². The predicted molar refractivity (Wildman–Crippen MR) is 63.0 cm³/mol. The van der Waals surface area contributed by atoms with Gasteiger partial charge in [-0.2, -0.15) is 0 Å². The molecule has 0 radical (unpaired) electrons. The Morgan fingerprint density at radius 3 is 2.33 bits per heavy atom. The highest BCUT2D eigenvalue weighted by molar-refractivity contribution is 4.79. The van der Waals surface area contributed by atoms with Crippen LogP contribution in [-0.2, 0) is 9.47 Å². The normalized spacial score (nSPS) is 31.8. The van der Waals surface area contributed by atoms with Crippen molar-refractivity contribution in [1.29, 1.82) is 0 Å². The van der Waals surface area contributed by atoms with Crippen molar-refractivity contribution in [1.82, 2.24) is 0 Å². The molecule has 3 atom stereocenters. The van der Waals surface area contributed by atoms with Gasteiger partial charge in [-0.3, -0.25) is 0 Å². The molecule has 2 heteroatoms. The van der Waals surface area contributed by atoms with Crippen molar-refractivity contribution >= 4 is 0 Å². The summed E-state index contributed by atoms with van der Waals surface area (Å²) in [6, 6.07) is 0. The van der Waals surface area contributed by atoms with Crippen LogP contribution in [0.3, 0.4) is 0 Å². The third-order valence-electron chi connectivity index (χ3n) is 3.62. The molecule has 0 aliphatic heterocycles. The van der Waals surface area contributed by atoms with Gasteiger partial charge in [0.25, 0.3) is 0 Å². The molecule has 0 spiro atoms. The molecule has 3 unspecified atom stereocenters. The van der Waals surface area contributed by atoms with E-state index < -0.39 is 0 Å². The monoisotopic (exact) mass is 214 g/mol. The zero-order valence-electron chi connectivity index (χ0n) is 10.5. The Hall–Kier alpha value is -0.0800. The second-order valence-corrected chi connectivity index (χ2v) is 4.65. The molecular formula is C13H26O2. The molecule has 0 aromatic carbocycles. The zero-order valence-corrected chi connectivity index (χ0v) is 10.5. The van der Waals surface area contributed by atoms with E-state index in [4.69, 9.17) is 9.47 Å². The van der Waals surface area contributed by atoms with Crippen molar-refractivity contribution in [2.24, 2.45) is 17.8 Å². The van der Waals surface area contributed by atoms with Crippen LogP contribution in [0.4, 0.5) is 0 Å². The Balaban J connectivity index is 2.40. The van der Waals surface area contributed by atoms with E-state index in [1.54, 1.807) is 0 Å². The Morgan fingerprint density at radius 1 is 1.00 bits per heavy atom. The maximum Gasteiger partial charge on any atom is 0.0500 e. The highest BCUT2D eigenvalue weighted by atomic mass is 16.5. The molecule has 0 N–H and O–H groups in total. The lowest BCUT2D eigenvalue weighted by Gasteiger charge is -2.36. The van der Waals surface area contributed by atoms with Gasteiger partial charge in [0.15, 0.2) is 0 Å². The van der Waals surface area contributed by atoms with Crippen LogP contribution < -0.4 is 0 Å². The second-order valence-electron chi connectivity index (χ2n) is 4.65. The summed E-state index contributed by atoms with van der Waals surface area (Å²) in [5, 5.41) is 0. The van der Waals surface area contributed by atoms with Crippen LogP contribution in [-0.4, -0.2) is 26.4 Å². The van der Waals surface area contributed by atoms with Crippen LogP contribution >= 0.6 is 0 Å². The summed E-state index contributed by atoms with van der Waals surface area (Å²) in [6.07, 6.45) is 4.05. The van der Waals surface area contributed by atoms with Gasteiger partial charge in [-0.25, -0.2) is 0 Å². The fourth-order valence-corrected chi connectivity index (χ4v) is 2.63. The zero-order chi connectivity index (χ0) is 11.1. The summed E-state index contributed by atoms with van der Waals surface area (Å²) in [7, 11) is 0. The van der Waals surface area contributed by atoms with Gasteiger partial charge in [0.1, 0.15) is 0 Å². The molecule has 0 bridgehead atoms. The van der Waals surface area contributed by atoms with E-state index >= 15 is 0 Å². The Bertz CT molecular complexity index is 159. The van der Waals surface area contributed by atoms with Gasteiger partial charge in [-0.1, -0.05) is 19.8 Å². The van der Waals surface area contributed by atoms with E-state index in [0.717, 1.165) is 38.3 Å². The van der Waals surface area contributed by atoms with E-state index in [1.807, 2.05) is 0 Å². The van der Waals surface area contributed by atoms with Crippen LogP contribution in [0.5, 0.6) is 0 Å². The van der Waals surface area contributed by atoms with Gasteiger partial charge < -0.3 is 9.47 Å². The third-order valence-corrected chi connectivity index (χ3v) is 3.62. The van der Waals surface area contributed by atoms with Crippen molar-refractivity contribution in [3.05, 3.63) is 0 Å². The maximum absolute atomic E-state index is 5.60. The maximum atomic E-state index is 5.60. The SMILES string of the molecule is CCOCC1CCCC(C)C1COCC. The lowest BCUT2D eigenvalue weighted by Crippen LogP contribution is -2.33. The topological polar surface area (TPSA) is 18.5 Å². The highest BCUT2D eigenvalue weighted by Gasteiger charge is 2.30. The average Bonchev–Trinajstić information content (AvgIpc) is 2.25. The molecule has 1 saturated carbocycles. The Labute approximate surface area is 94.3 Å². The van der Waals surface area contributed by atoms with E-state index in [2.05, 4.69) is 20.8 Å². The van der Waals surface area contributed by atoms with Crippen LogP contribution in [0.1, 0.15) is 40.0 Å². The Kier molecular flexibility index (Phi) is 6.26. The minimum Gasteiger partial charge on any atom is -0.381 e. The van der Waals surface area contributed by atoms with E-state index in [9.17, 15) is 0 Å². The van der Waals surface area contributed by atoms with Crippen molar-refractivity contribution < 1.29 is 9.47 Å². The van der Waals surface area contributed by atoms with E-state index in [1.165, 1.54) is 19.3 Å². The third kappa shape index (κ3) is 4.12. The fourth-order valence-electron chi connectivity index (χ4n) is 2.63. The molecule has 1 fully saturated rings. The number of hydrogen-bond acceptors (Lipinski definition) is 2. The number of ether oxygens (including phenoxy) is 2. The van der Waals surface area contributed by atoms with Crippen LogP contribution in [0.15, 0.2) is 0 Å². The quantitative estimate of drug-likeness (QED) is 0.676. The average molecular weight is 214 g/mol. The summed E-state index contributed by atoms with van der Waals surface area (Å²) >= 11 is 0. The van der Waals surface area contributed by atoms with Crippen LogP contribution in [0.2, 0.25) is 0 Å². The molecule has 0 amide bonds. The molecule has 0 heterocycles. The minimum atomic E-state index is 0.713. The summed E-state index contributed by atoms with van der Waals surface area (Å²) < 4.78 is 11.2. The largest absolute Gasteiger partial charge is 0.381 e. The van der Waals surface area contributed by atoms with Gasteiger partial charge >= 0.3 is 0 Å². The standard InChI is InChI=1S/C13H26O2/c1-4-14-9-12-8-6-7-11(3)13(12)10-15-5-2/h11-13H,4-10H2,1-3H3. The van der Waals surface area contributed by atoms with Gasteiger partial charge in [0.2, 0.25) is 0 Å². The first-order valence-electron chi connectivity index (χ1n) is 6.45. The van der Waals surface area contributed by atoms with Crippen LogP contribution in [0, 0.1) is 17.8 Å². The van der Waals surface area contributed by atoms with Crippen molar-refractivity contribution in [2.45, 2.75) is 40.0 Å². The minimum absolute atomic E-state index is 0.713. The van der Waals surface area contributed by atoms with Gasteiger partial charge in [-0.15, -0.1) is 0 Å². The highest BCUT2D eigenvalue weighted by Crippen LogP contribution is 2.35. The molecule has 15 heavy (non-hydrogen) atoms. The molecule has 1 aliphatic carbocycles. The lowest BCUT2D eigenvalue weighted by molar-refractivity contribution is -0.00198. The van der Waals surface area contributed by atoms with Crippen molar-refractivity contribution in [3.63, 3.8) is 0 Å². The number of rotatable bonds is 6. The van der Waals surface area contributed by atoms with Gasteiger partial charge in [-0.05, 0) is 38.0 Å². The first kappa shape index (κ1) is 13.0. The van der Waals surface area contributed by atoms with E-state index in [-0.39, 0.29) is 0 Å². The molecule has 0 aromatic rings. The predicted octanol–water partition coefficient (Wildman–Crippen LogP) is 3.11. The van der Waals surface area contributed by atoms with Gasteiger partial charge in [0, 0.05) is 26.4 Å². The summed E-state index contributed by atoms with van der Waals surface area (Å²) in [5.41, 5.74) is 0. The molecule has 1 rings (SSSR count). The van der Waals surface area contributed by atoms with Gasteiger partial charge in [0.05, 0.1) is 0 Å². The molecule has 0 saturated heterocycles. The molecule has 1 aliphatic rings. The molecule has 2 nitrogen and oxygen atoms in total. The molecule has 0 aromatic heterocycles. The molecule has 90 valence electrons. The lowest BCUT2D eigenvalue weighted by atomic mass is 9.73. The summed E-state index contributed by atoms with van der Waals surface area (Å²) in [4.78, 5) is 0. The van der Waals surface area contributed by atoms with Crippen molar-refractivity contribution in [2.75, 3.05) is 26.4 Å². The number of hydrogen-bond donors (Lipinski definition) is 0. The first-order valence-corrected chi connectivity index (χ1v) is 6.45. The summed E-state index contributed by atoms with van der Waals surface area (Å²) in [6.45, 7) is 10.0. The van der Waals surface area contributed by atoms with Crippen LogP contribution in [0.25, 0.3) is 0 Å². The molecular weight excluding hydrogens is 188 g/mol. The fraction of sp³-hybridized carbons (Fsp3) is 1.00. The first-order chi connectivity index (χ1) is 7.29. The second kappa shape index (κ2) is 7.24. The summed E-state index contributed by atoms with van der Waals surface area (Å²) in [5.74, 6) is 2.24. The Morgan fingerprint density at radius 2 is 1.67 bits per heavy atom. The van der Waals surface area contributed by atoms with Crippen molar-refractivity contribution in [3.8, 4) is 0 Å².